The first-order valence-electron chi connectivity index (χ1n) is 7.77. The van der Waals surface area contributed by atoms with E-state index in [1.165, 1.54) is 23.1 Å². The highest BCUT2D eigenvalue weighted by molar-refractivity contribution is 5.34. The van der Waals surface area contributed by atoms with Gasteiger partial charge in [0.15, 0.2) is 0 Å². The van der Waals surface area contributed by atoms with E-state index in [2.05, 4.69) is 33.0 Å². The van der Waals surface area contributed by atoms with Crippen LogP contribution in [0.25, 0.3) is 0 Å². The smallest absolute Gasteiger partial charge is 0.0853 e. The van der Waals surface area contributed by atoms with Crippen LogP contribution in [0.4, 0.5) is 0 Å². The SMILES string of the molecule is Cc1cc(CO)nc2c1CN(N1CCC1c1cccnc1)C2. The molecule has 5 heteroatoms. The standard InChI is InChI=1S/C17H20N4O/c1-12-7-14(11-22)19-16-10-20(9-15(12)16)21-6-4-17(21)13-3-2-5-18-8-13/h2-3,5,7-8,17,22H,4,6,9-11H2,1H3. The molecule has 2 aromatic heterocycles. The molecule has 1 fully saturated rings. The Kier molecular flexibility index (Phi) is 3.41. The topological polar surface area (TPSA) is 52.5 Å². The van der Waals surface area contributed by atoms with E-state index in [9.17, 15) is 5.11 Å². The summed E-state index contributed by atoms with van der Waals surface area (Å²) in [7, 11) is 0. The lowest BCUT2D eigenvalue weighted by molar-refractivity contribution is -0.126. The fourth-order valence-electron chi connectivity index (χ4n) is 3.48. The van der Waals surface area contributed by atoms with Gasteiger partial charge >= 0.3 is 0 Å². The highest BCUT2D eigenvalue weighted by Gasteiger charge is 2.37. The first kappa shape index (κ1) is 13.8. The van der Waals surface area contributed by atoms with Gasteiger partial charge in [0.1, 0.15) is 0 Å². The number of aliphatic hydroxyl groups is 1. The van der Waals surface area contributed by atoms with Crippen LogP contribution in [0, 0.1) is 6.92 Å². The Hall–Kier alpha value is -1.82. The zero-order chi connectivity index (χ0) is 15.1. The Morgan fingerprint density at radius 3 is 2.95 bits per heavy atom. The molecule has 2 aromatic rings. The third kappa shape index (κ3) is 2.22. The number of aliphatic hydroxyl groups excluding tert-OH is 1. The van der Waals surface area contributed by atoms with Crippen molar-refractivity contribution in [1.29, 1.82) is 0 Å². The Labute approximate surface area is 130 Å². The van der Waals surface area contributed by atoms with Crippen molar-refractivity contribution in [3.8, 4) is 0 Å². The van der Waals surface area contributed by atoms with Crippen molar-refractivity contribution in [3.63, 3.8) is 0 Å². The number of aryl methyl sites for hydroxylation is 1. The minimum absolute atomic E-state index is 0.0101. The van der Waals surface area contributed by atoms with Gasteiger partial charge in [-0.1, -0.05) is 6.07 Å². The molecular formula is C17H20N4O. The van der Waals surface area contributed by atoms with E-state index in [1.807, 2.05) is 24.5 Å². The monoisotopic (exact) mass is 296 g/mol. The van der Waals surface area contributed by atoms with Crippen LogP contribution in [0.2, 0.25) is 0 Å². The Morgan fingerprint density at radius 1 is 1.36 bits per heavy atom. The molecule has 0 aliphatic carbocycles. The summed E-state index contributed by atoms with van der Waals surface area (Å²) in [6.45, 7) is 4.95. The van der Waals surface area contributed by atoms with Crippen LogP contribution in [0.5, 0.6) is 0 Å². The normalized spacial score (nSPS) is 21.6. The minimum atomic E-state index is 0.0101. The fourth-order valence-corrected chi connectivity index (χ4v) is 3.48. The van der Waals surface area contributed by atoms with Crippen LogP contribution in [0.3, 0.4) is 0 Å². The average Bonchev–Trinajstić information content (AvgIpc) is 2.91. The van der Waals surface area contributed by atoms with Gasteiger partial charge in [-0.05, 0) is 42.2 Å². The van der Waals surface area contributed by atoms with Crippen molar-refractivity contribution in [2.45, 2.75) is 39.1 Å². The number of aromatic nitrogens is 2. The van der Waals surface area contributed by atoms with Gasteiger partial charge in [0.25, 0.3) is 0 Å². The maximum absolute atomic E-state index is 9.32. The maximum Gasteiger partial charge on any atom is 0.0853 e. The van der Waals surface area contributed by atoms with Crippen molar-refractivity contribution in [3.05, 3.63) is 58.7 Å². The first-order chi connectivity index (χ1) is 10.8. The zero-order valence-electron chi connectivity index (χ0n) is 12.7. The number of hydrazine groups is 1. The van der Waals surface area contributed by atoms with Crippen molar-refractivity contribution in [2.24, 2.45) is 0 Å². The van der Waals surface area contributed by atoms with Crippen LogP contribution < -0.4 is 0 Å². The molecule has 5 nitrogen and oxygen atoms in total. The molecule has 1 atom stereocenters. The van der Waals surface area contributed by atoms with E-state index < -0.39 is 0 Å². The second-order valence-electron chi connectivity index (χ2n) is 6.09. The molecule has 0 bridgehead atoms. The molecule has 0 amide bonds. The van der Waals surface area contributed by atoms with Crippen LogP contribution in [-0.4, -0.2) is 31.6 Å². The van der Waals surface area contributed by atoms with Gasteiger partial charge < -0.3 is 5.11 Å². The van der Waals surface area contributed by atoms with Gasteiger partial charge in [0, 0.05) is 25.5 Å². The number of fused-ring (bicyclic) bond motifs is 1. The lowest BCUT2D eigenvalue weighted by atomic mass is 9.98. The summed E-state index contributed by atoms with van der Waals surface area (Å²) in [5, 5.41) is 14.1. The second-order valence-corrected chi connectivity index (χ2v) is 6.09. The first-order valence-corrected chi connectivity index (χ1v) is 7.77. The largest absolute Gasteiger partial charge is 0.390 e. The quantitative estimate of drug-likeness (QED) is 0.938. The summed E-state index contributed by atoms with van der Waals surface area (Å²) in [4.78, 5) is 8.83. The summed E-state index contributed by atoms with van der Waals surface area (Å²) in [6, 6.07) is 6.59. The molecule has 22 heavy (non-hydrogen) atoms. The number of hydrogen-bond donors (Lipinski definition) is 1. The van der Waals surface area contributed by atoms with Gasteiger partial charge in [0.2, 0.25) is 0 Å². The van der Waals surface area contributed by atoms with Gasteiger partial charge in [-0.15, -0.1) is 0 Å². The summed E-state index contributed by atoms with van der Waals surface area (Å²) in [5.74, 6) is 0. The van der Waals surface area contributed by atoms with E-state index in [0.717, 1.165) is 31.0 Å². The third-order valence-electron chi connectivity index (χ3n) is 4.74. The van der Waals surface area contributed by atoms with Crippen LogP contribution in [0.1, 0.15) is 40.5 Å². The van der Waals surface area contributed by atoms with E-state index in [0.29, 0.717) is 6.04 Å². The Balaban J connectivity index is 1.55. The van der Waals surface area contributed by atoms with Gasteiger partial charge in [-0.2, -0.15) is 0 Å². The van der Waals surface area contributed by atoms with Crippen molar-refractivity contribution in [2.75, 3.05) is 6.54 Å². The molecule has 2 aliphatic rings. The number of rotatable bonds is 3. The lowest BCUT2D eigenvalue weighted by Gasteiger charge is -2.46. The van der Waals surface area contributed by atoms with Crippen molar-refractivity contribution >= 4 is 0 Å². The Morgan fingerprint density at radius 2 is 2.27 bits per heavy atom. The average molecular weight is 296 g/mol. The van der Waals surface area contributed by atoms with E-state index >= 15 is 0 Å². The van der Waals surface area contributed by atoms with Crippen molar-refractivity contribution in [1.82, 2.24) is 20.0 Å². The summed E-state index contributed by atoms with van der Waals surface area (Å²) < 4.78 is 0. The van der Waals surface area contributed by atoms with E-state index in [4.69, 9.17) is 0 Å². The Bertz CT molecular complexity index is 689. The predicted octanol–water partition coefficient (Wildman–Crippen LogP) is 1.95. The lowest BCUT2D eigenvalue weighted by Crippen LogP contribution is -2.50. The minimum Gasteiger partial charge on any atom is -0.390 e. The number of pyridine rings is 2. The molecule has 0 spiro atoms. The van der Waals surface area contributed by atoms with Gasteiger partial charge in [0.05, 0.1) is 30.6 Å². The van der Waals surface area contributed by atoms with Crippen LogP contribution >= 0.6 is 0 Å². The number of hydrogen-bond acceptors (Lipinski definition) is 5. The van der Waals surface area contributed by atoms with Crippen molar-refractivity contribution < 1.29 is 5.11 Å². The molecule has 0 radical (unpaired) electrons. The van der Waals surface area contributed by atoms with Crippen LogP contribution in [0.15, 0.2) is 30.6 Å². The highest BCUT2D eigenvalue weighted by atomic mass is 16.3. The molecule has 1 unspecified atom stereocenters. The molecule has 4 heterocycles. The number of nitrogens with zero attached hydrogens (tertiary/aromatic N) is 4. The fraction of sp³-hybridized carbons (Fsp3) is 0.412. The maximum atomic E-state index is 9.32. The molecule has 1 N–H and O–H groups in total. The molecule has 4 rings (SSSR count). The predicted molar refractivity (Wildman–Crippen MR) is 82.4 cm³/mol. The van der Waals surface area contributed by atoms with Gasteiger partial charge in [-0.3, -0.25) is 9.97 Å². The van der Waals surface area contributed by atoms with E-state index in [-0.39, 0.29) is 6.61 Å². The zero-order valence-corrected chi connectivity index (χ0v) is 12.7. The molecule has 114 valence electrons. The summed E-state index contributed by atoms with van der Waals surface area (Å²) in [5.41, 5.74) is 5.71. The third-order valence-corrected chi connectivity index (χ3v) is 4.74. The molecular weight excluding hydrogens is 276 g/mol. The molecule has 2 aliphatic heterocycles. The molecule has 0 saturated carbocycles. The van der Waals surface area contributed by atoms with E-state index in [1.54, 1.807) is 0 Å². The second kappa shape index (κ2) is 5.43. The highest BCUT2D eigenvalue weighted by Crippen LogP contribution is 2.38. The van der Waals surface area contributed by atoms with Crippen LogP contribution in [-0.2, 0) is 19.7 Å². The van der Waals surface area contributed by atoms with Gasteiger partial charge in [-0.25, -0.2) is 10.0 Å². The summed E-state index contributed by atoms with van der Waals surface area (Å²) >= 11 is 0. The molecule has 0 aromatic carbocycles. The molecule has 1 saturated heterocycles. The summed E-state index contributed by atoms with van der Waals surface area (Å²) in [6.07, 6.45) is 4.96.